The molecule has 1 aromatic carbocycles. The van der Waals surface area contributed by atoms with Gasteiger partial charge in [-0.15, -0.1) is 0 Å². The molecule has 3 rings (SSSR count). The van der Waals surface area contributed by atoms with Crippen LogP contribution in [0.25, 0.3) is 0 Å². The lowest BCUT2D eigenvalue weighted by molar-refractivity contribution is 0.0162. The molecule has 1 saturated heterocycles. The molecule has 0 spiro atoms. The van der Waals surface area contributed by atoms with Crippen molar-refractivity contribution in [2.75, 3.05) is 13.1 Å². The number of aromatic nitrogens is 2. The maximum atomic E-state index is 12.8. The molecule has 0 bridgehead atoms. The zero-order chi connectivity index (χ0) is 23.3. The molecule has 2 aromatic rings. The molecular weight excluding hydrogens is 430 g/mol. The van der Waals surface area contributed by atoms with Gasteiger partial charge in [0.25, 0.3) is 5.91 Å². The van der Waals surface area contributed by atoms with Crippen molar-refractivity contribution in [3.63, 3.8) is 0 Å². The van der Waals surface area contributed by atoms with Crippen molar-refractivity contribution < 1.29 is 14.3 Å². The van der Waals surface area contributed by atoms with Gasteiger partial charge in [0, 0.05) is 31.7 Å². The van der Waals surface area contributed by atoms with E-state index in [1.165, 1.54) is 0 Å². The van der Waals surface area contributed by atoms with E-state index in [1.807, 2.05) is 58.0 Å². The average molecular weight is 462 g/mol. The number of carbonyl (C=O) groups is 2. The molecule has 1 aromatic heterocycles. The number of piperidine rings is 1. The van der Waals surface area contributed by atoms with E-state index in [4.69, 9.17) is 16.3 Å². The van der Waals surface area contributed by atoms with Gasteiger partial charge < -0.3 is 25.3 Å². The second-order valence-electron chi connectivity index (χ2n) is 8.98. The maximum absolute atomic E-state index is 12.8. The van der Waals surface area contributed by atoms with Crippen LogP contribution in [0.3, 0.4) is 0 Å². The first-order valence-corrected chi connectivity index (χ1v) is 11.3. The minimum absolute atomic E-state index is 0.156. The van der Waals surface area contributed by atoms with Crippen LogP contribution in [0.1, 0.15) is 56.0 Å². The molecule has 1 aliphatic heterocycles. The summed E-state index contributed by atoms with van der Waals surface area (Å²) >= 11 is 6.09. The topological polar surface area (TPSA) is 99.4 Å². The first kappa shape index (κ1) is 24.1. The Morgan fingerprint density at radius 2 is 1.97 bits per heavy atom. The molecule has 9 heteroatoms. The normalized spacial score (nSPS) is 19.0. The van der Waals surface area contributed by atoms with Gasteiger partial charge in [-0.1, -0.05) is 48.9 Å². The van der Waals surface area contributed by atoms with Crippen LogP contribution in [-0.2, 0) is 17.7 Å². The summed E-state index contributed by atoms with van der Waals surface area (Å²) in [7, 11) is 0. The van der Waals surface area contributed by atoms with E-state index in [-0.39, 0.29) is 29.9 Å². The number of rotatable bonds is 6. The highest BCUT2D eigenvalue weighted by Crippen LogP contribution is 2.18. The van der Waals surface area contributed by atoms with E-state index < -0.39 is 5.60 Å². The highest BCUT2D eigenvalue weighted by molar-refractivity contribution is 6.30. The van der Waals surface area contributed by atoms with Gasteiger partial charge in [-0.05, 0) is 39.2 Å². The van der Waals surface area contributed by atoms with Crippen LogP contribution in [-0.4, -0.2) is 57.6 Å². The van der Waals surface area contributed by atoms with E-state index in [0.29, 0.717) is 37.6 Å². The number of aromatic amines is 1. The lowest BCUT2D eigenvalue weighted by atomic mass is 9.98. The molecular formula is C23H32ClN5O3. The standard InChI is InChI=1S/C23H32ClN5O3/c1-5-16-19(24)28-20(26-16)21(30)27-17-11-12-29(22(31)32-23(2,3)4)14-18(17)25-13-15-9-7-6-8-10-15/h6-10,17-18,25H,5,11-14H2,1-4H3,(H,26,28)(H,27,30)/t17-,18+/m1/s1. The lowest BCUT2D eigenvalue weighted by Gasteiger charge is -2.39. The second-order valence-corrected chi connectivity index (χ2v) is 9.33. The summed E-state index contributed by atoms with van der Waals surface area (Å²) < 4.78 is 5.54. The van der Waals surface area contributed by atoms with Gasteiger partial charge in [0.2, 0.25) is 0 Å². The van der Waals surface area contributed by atoms with E-state index >= 15 is 0 Å². The van der Waals surface area contributed by atoms with E-state index in [0.717, 1.165) is 11.3 Å². The van der Waals surface area contributed by atoms with Crippen molar-refractivity contribution in [2.24, 2.45) is 0 Å². The number of carbonyl (C=O) groups excluding carboxylic acids is 2. The first-order valence-electron chi connectivity index (χ1n) is 11.0. The zero-order valence-corrected chi connectivity index (χ0v) is 19.8. The van der Waals surface area contributed by atoms with Crippen LogP contribution in [0, 0.1) is 0 Å². The van der Waals surface area contributed by atoms with Crippen molar-refractivity contribution in [2.45, 2.75) is 64.8 Å². The van der Waals surface area contributed by atoms with Gasteiger partial charge in [0.15, 0.2) is 11.0 Å². The zero-order valence-electron chi connectivity index (χ0n) is 19.1. The number of imidazole rings is 1. The molecule has 174 valence electrons. The summed E-state index contributed by atoms with van der Waals surface area (Å²) in [6.45, 7) is 9.02. The summed E-state index contributed by atoms with van der Waals surface area (Å²) in [6.07, 6.45) is 0.903. The summed E-state index contributed by atoms with van der Waals surface area (Å²) in [5.74, 6) is -0.114. The summed E-state index contributed by atoms with van der Waals surface area (Å²) in [6, 6.07) is 9.66. The van der Waals surface area contributed by atoms with Gasteiger partial charge in [-0.25, -0.2) is 9.78 Å². The SMILES string of the molecule is CCc1[nH]c(C(=O)N[C@@H]2CCN(C(=O)OC(C)(C)C)C[C@@H]2NCc2ccccc2)nc1Cl. The van der Waals surface area contributed by atoms with Gasteiger partial charge in [-0.3, -0.25) is 4.79 Å². The molecule has 3 N–H and O–H groups in total. The number of nitrogens with one attached hydrogen (secondary N) is 3. The van der Waals surface area contributed by atoms with E-state index in [1.54, 1.807) is 4.90 Å². The van der Waals surface area contributed by atoms with Gasteiger partial charge in [-0.2, -0.15) is 0 Å². The predicted molar refractivity (Wildman–Crippen MR) is 124 cm³/mol. The molecule has 1 fully saturated rings. The molecule has 2 atom stereocenters. The van der Waals surface area contributed by atoms with E-state index in [9.17, 15) is 9.59 Å². The Morgan fingerprint density at radius 1 is 1.25 bits per heavy atom. The van der Waals surface area contributed by atoms with Crippen LogP contribution in [0.5, 0.6) is 0 Å². The van der Waals surface area contributed by atoms with Crippen LogP contribution in [0.4, 0.5) is 4.79 Å². The Morgan fingerprint density at radius 3 is 2.59 bits per heavy atom. The number of nitrogens with zero attached hydrogens (tertiary/aromatic N) is 2. The highest BCUT2D eigenvalue weighted by atomic mass is 35.5. The number of hydrogen-bond donors (Lipinski definition) is 3. The number of ether oxygens (including phenoxy) is 1. The fourth-order valence-corrected chi connectivity index (χ4v) is 3.90. The Balaban J connectivity index is 1.70. The average Bonchev–Trinajstić information content (AvgIpc) is 3.13. The molecule has 2 heterocycles. The van der Waals surface area contributed by atoms with Crippen LogP contribution in [0.2, 0.25) is 5.15 Å². The number of amides is 2. The maximum Gasteiger partial charge on any atom is 0.410 e. The molecule has 2 amide bonds. The fraction of sp³-hybridized carbons (Fsp3) is 0.522. The number of H-pyrrole nitrogens is 1. The van der Waals surface area contributed by atoms with Crippen molar-refractivity contribution in [3.8, 4) is 0 Å². The Labute approximate surface area is 194 Å². The first-order chi connectivity index (χ1) is 15.2. The Hall–Kier alpha value is -2.58. The largest absolute Gasteiger partial charge is 0.444 e. The quantitative estimate of drug-likeness (QED) is 0.611. The van der Waals surface area contributed by atoms with E-state index in [2.05, 4.69) is 20.6 Å². The Kier molecular flexibility index (Phi) is 7.79. The van der Waals surface area contributed by atoms with Gasteiger partial charge in [0.05, 0.1) is 5.69 Å². The minimum Gasteiger partial charge on any atom is -0.444 e. The summed E-state index contributed by atoms with van der Waals surface area (Å²) in [5, 5.41) is 6.88. The fourth-order valence-electron chi connectivity index (χ4n) is 3.64. The molecule has 0 aliphatic carbocycles. The minimum atomic E-state index is -0.565. The van der Waals surface area contributed by atoms with Crippen molar-refractivity contribution in [3.05, 3.63) is 52.6 Å². The van der Waals surface area contributed by atoms with Crippen molar-refractivity contribution >= 4 is 23.6 Å². The van der Waals surface area contributed by atoms with Crippen LogP contribution >= 0.6 is 11.6 Å². The number of aryl methyl sites for hydroxylation is 1. The predicted octanol–water partition coefficient (Wildman–Crippen LogP) is 3.52. The number of halogens is 1. The van der Waals surface area contributed by atoms with Crippen molar-refractivity contribution in [1.29, 1.82) is 0 Å². The molecule has 8 nitrogen and oxygen atoms in total. The molecule has 0 saturated carbocycles. The third-order valence-electron chi connectivity index (χ3n) is 5.29. The smallest absolute Gasteiger partial charge is 0.410 e. The molecule has 32 heavy (non-hydrogen) atoms. The van der Waals surface area contributed by atoms with Crippen LogP contribution < -0.4 is 10.6 Å². The van der Waals surface area contributed by atoms with Crippen molar-refractivity contribution in [1.82, 2.24) is 25.5 Å². The lowest BCUT2D eigenvalue weighted by Crippen LogP contribution is -2.60. The molecule has 0 radical (unpaired) electrons. The monoisotopic (exact) mass is 461 g/mol. The third-order valence-corrected chi connectivity index (χ3v) is 5.60. The third kappa shape index (κ3) is 6.46. The summed E-state index contributed by atoms with van der Waals surface area (Å²) in [5.41, 5.74) is 1.29. The number of hydrogen-bond acceptors (Lipinski definition) is 5. The number of likely N-dealkylation sites (tertiary alicyclic amines) is 1. The molecule has 1 aliphatic rings. The second kappa shape index (κ2) is 10.4. The van der Waals surface area contributed by atoms with Gasteiger partial charge >= 0.3 is 6.09 Å². The summed E-state index contributed by atoms with van der Waals surface area (Å²) in [4.78, 5) is 34.3. The molecule has 0 unspecified atom stereocenters. The van der Waals surface area contributed by atoms with Gasteiger partial charge in [0.1, 0.15) is 5.60 Å². The number of benzene rings is 1. The van der Waals surface area contributed by atoms with Crippen LogP contribution in [0.15, 0.2) is 30.3 Å². The highest BCUT2D eigenvalue weighted by Gasteiger charge is 2.34. The Bertz CT molecular complexity index is 925.